The predicted molar refractivity (Wildman–Crippen MR) is 156 cm³/mol. The number of aromatic nitrogens is 2. The van der Waals surface area contributed by atoms with Crippen molar-refractivity contribution in [2.45, 2.75) is 36.9 Å². The first kappa shape index (κ1) is 26.0. The van der Waals surface area contributed by atoms with Crippen molar-refractivity contribution < 1.29 is 18.7 Å². The van der Waals surface area contributed by atoms with E-state index in [0.717, 1.165) is 18.4 Å². The van der Waals surface area contributed by atoms with E-state index in [2.05, 4.69) is 10.2 Å². The largest absolute Gasteiger partial charge is 0.476 e. The molecule has 0 bridgehead atoms. The number of hydrogen-bond acceptors (Lipinski definition) is 5. The van der Waals surface area contributed by atoms with Gasteiger partial charge >= 0.3 is 0 Å². The number of rotatable bonds is 4. The summed E-state index contributed by atoms with van der Waals surface area (Å²) in [5.41, 5.74) is 7.13. The van der Waals surface area contributed by atoms with Gasteiger partial charge in [-0.15, -0.1) is 0 Å². The number of ether oxygens (including phenoxy) is 1. The van der Waals surface area contributed by atoms with Crippen LogP contribution in [0.1, 0.15) is 40.2 Å². The van der Waals surface area contributed by atoms with E-state index < -0.39 is 23.2 Å². The smallest absolute Gasteiger partial charge is 0.250 e. The Balaban J connectivity index is 1.36. The lowest BCUT2D eigenvalue weighted by Gasteiger charge is -2.40. The molecule has 2 fully saturated rings. The Bertz CT molecular complexity index is 1820. The molecular weight excluding hydrogens is 580 g/mol. The standard InChI is InChI=1S/C31H26Cl2FN5O3/c32-17-7-8-21-24(11-17)36-30(41)31(21)26(18-2-1-3-22(33)27(18)34)20-13-39-29(42-14-25(20)38(31)12-15-4-5-15)19-10-16(28(35)40)6-9-23(19)37-39/h1-3,6-11,15,20,25-26H,4-5,12-14H2,(H2,35,40)(H,36,41)/t20-,25+,26+,31-/m1/s1. The van der Waals surface area contributed by atoms with Gasteiger partial charge in [-0.25, -0.2) is 9.07 Å². The highest BCUT2D eigenvalue weighted by Crippen LogP contribution is 2.61. The van der Waals surface area contributed by atoms with Gasteiger partial charge in [0.1, 0.15) is 18.0 Å². The Kier molecular flexibility index (Phi) is 5.68. The van der Waals surface area contributed by atoms with Crippen LogP contribution in [0.2, 0.25) is 10.0 Å². The SMILES string of the molecule is NC(=O)c1ccc2nn3c(c2c1)OC[C@H]1[C@@H](C3)[C@H](c2cccc(Cl)c2F)[C@]2(C(=O)Nc3cc(Cl)ccc32)N1CC1CC1. The molecule has 214 valence electrons. The number of nitrogens with one attached hydrogen (secondary N) is 1. The number of fused-ring (bicyclic) bond motifs is 6. The van der Waals surface area contributed by atoms with Gasteiger partial charge < -0.3 is 15.8 Å². The van der Waals surface area contributed by atoms with Gasteiger partial charge in [0, 0.05) is 46.8 Å². The molecule has 4 atom stereocenters. The molecule has 42 heavy (non-hydrogen) atoms. The Morgan fingerprint density at radius 1 is 1.17 bits per heavy atom. The summed E-state index contributed by atoms with van der Waals surface area (Å²) in [7, 11) is 0. The van der Waals surface area contributed by atoms with Gasteiger partial charge in [-0.2, -0.15) is 5.10 Å². The fourth-order valence-electron chi connectivity index (χ4n) is 7.51. The number of hydrogen-bond donors (Lipinski definition) is 2. The zero-order valence-corrected chi connectivity index (χ0v) is 23.8. The predicted octanol–water partition coefficient (Wildman–Crippen LogP) is 5.32. The van der Waals surface area contributed by atoms with E-state index in [1.165, 1.54) is 6.07 Å². The van der Waals surface area contributed by atoms with Crippen molar-refractivity contribution in [3.8, 4) is 5.88 Å². The quantitative estimate of drug-likeness (QED) is 0.328. The summed E-state index contributed by atoms with van der Waals surface area (Å²) < 4.78 is 24.4. The molecule has 0 radical (unpaired) electrons. The number of amides is 2. The van der Waals surface area contributed by atoms with E-state index in [9.17, 15) is 9.59 Å². The molecule has 8 rings (SSSR count). The fourth-order valence-corrected chi connectivity index (χ4v) is 7.86. The second-order valence-corrected chi connectivity index (χ2v) is 12.6. The number of primary amides is 1. The lowest BCUT2D eigenvalue weighted by molar-refractivity contribution is -0.128. The van der Waals surface area contributed by atoms with Crippen molar-refractivity contribution in [3.05, 3.63) is 87.2 Å². The monoisotopic (exact) mass is 605 g/mol. The normalized spacial score (nSPS) is 26.5. The maximum atomic E-state index is 16.1. The van der Waals surface area contributed by atoms with Crippen molar-refractivity contribution in [1.29, 1.82) is 0 Å². The van der Waals surface area contributed by atoms with Crippen molar-refractivity contribution >= 4 is 51.6 Å². The van der Waals surface area contributed by atoms with Crippen LogP contribution in [0.3, 0.4) is 0 Å². The first-order valence-electron chi connectivity index (χ1n) is 14.0. The summed E-state index contributed by atoms with van der Waals surface area (Å²) in [4.78, 5) is 28.6. The molecule has 1 saturated carbocycles. The van der Waals surface area contributed by atoms with Crippen molar-refractivity contribution in [3.63, 3.8) is 0 Å². The maximum absolute atomic E-state index is 16.1. The van der Waals surface area contributed by atoms with E-state index >= 15 is 4.39 Å². The Morgan fingerprint density at radius 3 is 2.79 bits per heavy atom. The Labute approximate surface area is 250 Å². The number of benzene rings is 3. The summed E-state index contributed by atoms with van der Waals surface area (Å²) in [6.07, 6.45) is 2.14. The molecule has 2 amide bonds. The van der Waals surface area contributed by atoms with Crippen LogP contribution < -0.4 is 15.8 Å². The third-order valence-corrected chi connectivity index (χ3v) is 9.96. The van der Waals surface area contributed by atoms with Gasteiger partial charge in [-0.3, -0.25) is 14.5 Å². The molecule has 8 nitrogen and oxygen atoms in total. The zero-order chi connectivity index (χ0) is 28.9. The minimum absolute atomic E-state index is 0.00365. The topological polar surface area (TPSA) is 102 Å². The highest BCUT2D eigenvalue weighted by Gasteiger charge is 2.68. The molecule has 1 aromatic heterocycles. The minimum atomic E-state index is -1.21. The van der Waals surface area contributed by atoms with Crippen molar-refractivity contribution in [1.82, 2.24) is 14.7 Å². The van der Waals surface area contributed by atoms with Gasteiger partial charge in [0.15, 0.2) is 0 Å². The van der Waals surface area contributed by atoms with Crippen LogP contribution in [0.25, 0.3) is 10.9 Å². The number of nitrogens with zero attached hydrogens (tertiary/aromatic N) is 3. The highest BCUT2D eigenvalue weighted by atomic mass is 35.5. The molecular formula is C31H26Cl2FN5O3. The molecule has 4 aliphatic rings. The maximum Gasteiger partial charge on any atom is 0.250 e. The van der Waals surface area contributed by atoms with Gasteiger partial charge in [-0.1, -0.05) is 41.4 Å². The number of carbonyl (C=O) groups excluding carboxylic acids is 2. The van der Waals surface area contributed by atoms with Crippen LogP contribution in [-0.4, -0.2) is 45.7 Å². The Morgan fingerprint density at radius 2 is 2.00 bits per heavy atom. The average molecular weight is 606 g/mol. The highest BCUT2D eigenvalue weighted by molar-refractivity contribution is 6.31. The Hall–Kier alpha value is -3.66. The average Bonchev–Trinajstić information content (AvgIpc) is 3.63. The van der Waals surface area contributed by atoms with E-state index in [1.807, 2.05) is 6.07 Å². The third kappa shape index (κ3) is 3.60. The zero-order valence-electron chi connectivity index (χ0n) is 22.3. The van der Waals surface area contributed by atoms with Crippen LogP contribution in [0.5, 0.6) is 5.88 Å². The molecule has 1 spiro atoms. The summed E-state index contributed by atoms with van der Waals surface area (Å²) >= 11 is 12.7. The third-order valence-electron chi connectivity index (χ3n) is 9.43. The van der Waals surface area contributed by atoms with E-state index in [4.69, 9.17) is 38.8 Å². The van der Waals surface area contributed by atoms with Gasteiger partial charge in [0.2, 0.25) is 17.7 Å². The molecule has 0 unspecified atom stereocenters. The van der Waals surface area contributed by atoms with Crippen molar-refractivity contribution in [2.24, 2.45) is 17.6 Å². The number of nitrogens with two attached hydrogens (primary N) is 1. The molecule has 4 heterocycles. The first-order valence-corrected chi connectivity index (χ1v) is 14.8. The molecule has 4 aromatic rings. The second-order valence-electron chi connectivity index (χ2n) is 11.8. The summed E-state index contributed by atoms with van der Waals surface area (Å²) in [5, 5.41) is 9.08. The van der Waals surface area contributed by atoms with Crippen LogP contribution >= 0.6 is 23.2 Å². The fraction of sp³-hybridized carbons (Fsp3) is 0.323. The first-order chi connectivity index (χ1) is 20.3. The lowest BCUT2D eigenvalue weighted by atomic mass is 9.71. The van der Waals surface area contributed by atoms with Crippen LogP contribution in [0.15, 0.2) is 54.6 Å². The molecule has 3 aromatic carbocycles. The van der Waals surface area contributed by atoms with Crippen LogP contribution in [0.4, 0.5) is 10.1 Å². The van der Waals surface area contributed by atoms with Crippen LogP contribution in [-0.2, 0) is 16.9 Å². The number of halogens is 3. The van der Waals surface area contributed by atoms with Gasteiger partial charge in [0.25, 0.3) is 0 Å². The van der Waals surface area contributed by atoms with E-state index in [-0.39, 0.29) is 29.5 Å². The van der Waals surface area contributed by atoms with E-state index in [0.29, 0.717) is 57.6 Å². The molecule has 11 heteroatoms. The molecule has 1 saturated heterocycles. The van der Waals surface area contributed by atoms with Crippen LogP contribution in [0, 0.1) is 17.7 Å². The van der Waals surface area contributed by atoms with E-state index in [1.54, 1.807) is 47.1 Å². The lowest BCUT2D eigenvalue weighted by Crippen LogP contribution is -2.53. The van der Waals surface area contributed by atoms with Crippen molar-refractivity contribution in [2.75, 3.05) is 18.5 Å². The number of likely N-dealkylation sites (tertiary alicyclic amines) is 1. The summed E-state index contributed by atoms with van der Waals surface area (Å²) in [6, 6.07) is 15.2. The van der Waals surface area contributed by atoms with Gasteiger partial charge in [-0.05, 0) is 60.7 Å². The summed E-state index contributed by atoms with van der Waals surface area (Å²) in [6.45, 7) is 1.26. The molecule has 3 aliphatic heterocycles. The molecule has 1 aliphatic carbocycles. The minimum Gasteiger partial charge on any atom is -0.476 e. The molecule has 3 N–H and O–H groups in total. The summed E-state index contributed by atoms with van der Waals surface area (Å²) in [5.74, 6) is -1.24. The number of anilines is 1. The second kappa shape index (κ2) is 9.17. The van der Waals surface area contributed by atoms with Gasteiger partial charge in [0.05, 0.1) is 22.0 Å². The number of carbonyl (C=O) groups is 2.